The molecular formula is C15H22. The molecule has 3 atom stereocenters. The second-order valence-electron chi connectivity index (χ2n) is 5.33. The Morgan fingerprint density at radius 1 is 1.13 bits per heavy atom. The van der Waals surface area contributed by atoms with Crippen LogP contribution in [0.4, 0.5) is 0 Å². The number of benzene rings is 1. The van der Waals surface area contributed by atoms with Crippen LogP contribution >= 0.6 is 0 Å². The fourth-order valence-corrected chi connectivity index (χ4v) is 3.26. The third-order valence-corrected chi connectivity index (χ3v) is 3.95. The molecule has 0 saturated heterocycles. The Kier molecular flexibility index (Phi) is 2.86. The van der Waals surface area contributed by atoms with Crippen molar-refractivity contribution in [3.8, 4) is 0 Å². The molecule has 15 heavy (non-hydrogen) atoms. The van der Waals surface area contributed by atoms with Crippen LogP contribution in [-0.2, 0) is 0 Å². The van der Waals surface area contributed by atoms with Gasteiger partial charge in [0.25, 0.3) is 0 Å². The van der Waals surface area contributed by atoms with Gasteiger partial charge in [-0.15, -0.1) is 0 Å². The van der Waals surface area contributed by atoms with Crippen molar-refractivity contribution in [2.75, 3.05) is 0 Å². The summed E-state index contributed by atoms with van der Waals surface area (Å²) in [6, 6.07) is 7.04. The summed E-state index contributed by atoms with van der Waals surface area (Å²) in [5.41, 5.74) is 4.41. The van der Waals surface area contributed by atoms with Gasteiger partial charge in [0.2, 0.25) is 0 Å². The molecule has 0 aliphatic heterocycles. The van der Waals surface area contributed by atoms with Crippen LogP contribution in [0.1, 0.15) is 49.3 Å². The molecule has 1 aliphatic carbocycles. The minimum Gasteiger partial charge on any atom is -0.0651 e. The van der Waals surface area contributed by atoms with Gasteiger partial charge >= 0.3 is 0 Å². The van der Waals surface area contributed by atoms with E-state index in [9.17, 15) is 0 Å². The molecule has 1 aromatic rings. The highest BCUT2D eigenvalue weighted by Gasteiger charge is 2.37. The average Bonchev–Trinajstić information content (AvgIpc) is 2.11. The first-order valence-electron chi connectivity index (χ1n) is 6.20. The van der Waals surface area contributed by atoms with Gasteiger partial charge in [0.05, 0.1) is 0 Å². The lowest BCUT2D eigenvalue weighted by Gasteiger charge is -2.43. The molecule has 0 N–H and O–H groups in total. The largest absolute Gasteiger partial charge is 0.0651 e. The summed E-state index contributed by atoms with van der Waals surface area (Å²) in [4.78, 5) is 0. The summed E-state index contributed by atoms with van der Waals surface area (Å²) in [6.07, 6.45) is 2.76. The maximum Gasteiger partial charge on any atom is -0.0108 e. The molecule has 0 nitrogen and oxygen atoms in total. The Morgan fingerprint density at radius 3 is 2.20 bits per heavy atom. The van der Waals surface area contributed by atoms with Crippen molar-refractivity contribution in [3.05, 3.63) is 34.9 Å². The predicted octanol–water partition coefficient (Wildman–Crippen LogP) is 4.45. The average molecular weight is 202 g/mol. The lowest BCUT2D eigenvalue weighted by Crippen LogP contribution is -2.32. The number of aryl methyl sites for hydroxylation is 2. The first kappa shape index (κ1) is 10.7. The molecular weight excluding hydrogens is 180 g/mol. The van der Waals surface area contributed by atoms with Crippen LogP contribution in [0.5, 0.6) is 0 Å². The van der Waals surface area contributed by atoms with Crippen molar-refractivity contribution in [3.63, 3.8) is 0 Å². The van der Waals surface area contributed by atoms with Crippen LogP contribution in [0.3, 0.4) is 0 Å². The molecule has 0 radical (unpaired) electrons. The zero-order valence-corrected chi connectivity index (χ0v) is 10.4. The quantitative estimate of drug-likeness (QED) is 0.664. The molecule has 1 aromatic carbocycles. The Morgan fingerprint density at radius 2 is 1.73 bits per heavy atom. The molecule has 82 valence electrons. The molecule has 2 rings (SSSR count). The molecule has 1 saturated carbocycles. The summed E-state index contributed by atoms with van der Waals surface area (Å²) >= 11 is 0. The molecule has 0 heteroatoms. The van der Waals surface area contributed by atoms with Crippen molar-refractivity contribution in [1.29, 1.82) is 0 Å². The predicted molar refractivity (Wildman–Crippen MR) is 66.2 cm³/mol. The molecule has 3 unspecified atom stereocenters. The first-order chi connectivity index (χ1) is 7.11. The highest BCUT2D eigenvalue weighted by atomic mass is 14.4. The van der Waals surface area contributed by atoms with E-state index in [0.717, 1.165) is 17.8 Å². The lowest BCUT2D eigenvalue weighted by atomic mass is 9.61. The first-order valence-corrected chi connectivity index (χ1v) is 6.20. The van der Waals surface area contributed by atoms with Crippen LogP contribution in [0.15, 0.2) is 18.2 Å². The Bertz CT molecular complexity index is 331. The Balaban J connectivity index is 2.28. The van der Waals surface area contributed by atoms with Crippen LogP contribution in [0.2, 0.25) is 0 Å². The van der Waals surface area contributed by atoms with Gasteiger partial charge in [-0.2, -0.15) is 0 Å². The standard InChI is InChI=1S/C15H22/c1-5-13-9-12(4)15(13)14-7-10(2)6-11(3)8-14/h6-8,12-13,15H,5,9H2,1-4H3. The van der Waals surface area contributed by atoms with Gasteiger partial charge in [0.15, 0.2) is 0 Å². The van der Waals surface area contributed by atoms with Crippen LogP contribution in [0, 0.1) is 25.7 Å². The topological polar surface area (TPSA) is 0 Å². The monoisotopic (exact) mass is 202 g/mol. The number of rotatable bonds is 2. The summed E-state index contributed by atoms with van der Waals surface area (Å²) < 4.78 is 0. The van der Waals surface area contributed by atoms with E-state index in [-0.39, 0.29) is 0 Å². The van der Waals surface area contributed by atoms with Crippen molar-refractivity contribution in [2.45, 2.75) is 46.5 Å². The van der Waals surface area contributed by atoms with E-state index in [4.69, 9.17) is 0 Å². The van der Waals surface area contributed by atoms with E-state index < -0.39 is 0 Å². The van der Waals surface area contributed by atoms with Crippen molar-refractivity contribution in [2.24, 2.45) is 11.8 Å². The van der Waals surface area contributed by atoms with Gasteiger partial charge in [-0.05, 0) is 43.6 Å². The van der Waals surface area contributed by atoms with Gasteiger partial charge in [-0.3, -0.25) is 0 Å². The van der Waals surface area contributed by atoms with Gasteiger partial charge in [-0.25, -0.2) is 0 Å². The Labute approximate surface area is 93.7 Å². The van der Waals surface area contributed by atoms with E-state index in [1.165, 1.54) is 24.0 Å². The zero-order valence-electron chi connectivity index (χ0n) is 10.4. The van der Waals surface area contributed by atoms with Crippen molar-refractivity contribution < 1.29 is 0 Å². The van der Waals surface area contributed by atoms with Crippen LogP contribution in [0.25, 0.3) is 0 Å². The molecule has 0 bridgehead atoms. The maximum atomic E-state index is 2.40. The highest BCUT2D eigenvalue weighted by Crippen LogP contribution is 2.49. The van der Waals surface area contributed by atoms with Crippen molar-refractivity contribution in [1.82, 2.24) is 0 Å². The summed E-state index contributed by atoms with van der Waals surface area (Å²) in [5.74, 6) is 2.64. The molecule has 0 spiro atoms. The fraction of sp³-hybridized carbons (Fsp3) is 0.600. The third kappa shape index (κ3) is 1.95. The van der Waals surface area contributed by atoms with E-state index in [2.05, 4.69) is 45.9 Å². The van der Waals surface area contributed by atoms with Gasteiger partial charge in [-0.1, -0.05) is 49.6 Å². The van der Waals surface area contributed by atoms with Crippen LogP contribution < -0.4 is 0 Å². The zero-order chi connectivity index (χ0) is 11.0. The van der Waals surface area contributed by atoms with Crippen molar-refractivity contribution >= 4 is 0 Å². The highest BCUT2D eigenvalue weighted by molar-refractivity contribution is 5.33. The third-order valence-electron chi connectivity index (χ3n) is 3.95. The second-order valence-corrected chi connectivity index (χ2v) is 5.33. The van der Waals surface area contributed by atoms with Crippen LogP contribution in [-0.4, -0.2) is 0 Å². The molecule has 0 amide bonds. The summed E-state index contributed by atoms with van der Waals surface area (Å²) in [6.45, 7) is 9.14. The van der Waals surface area contributed by atoms with E-state index in [1.807, 2.05) is 0 Å². The molecule has 1 aliphatic rings. The second kappa shape index (κ2) is 4.00. The lowest BCUT2D eigenvalue weighted by molar-refractivity contribution is 0.152. The van der Waals surface area contributed by atoms with E-state index >= 15 is 0 Å². The minimum atomic E-state index is 0.827. The fourth-order valence-electron chi connectivity index (χ4n) is 3.26. The summed E-state index contributed by atoms with van der Waals surface area (Å²) in [7, 11) is 0. The van der Waals surface area contributed by atoms with Gasteiger partial charge in [0.1, 0.15) is 0 Å². The molecule has 0 aromatic heterocycles. The van der Waals surface area contributed by atoms with Gasteiger partial charge in [0, 0.05) is 0 Å². The summed E-state index contributed by atoms with van der Waals surface area (Å²) in [5, 5.41) is 0. The smallest absolute Gasteiger partial charge is 0.0108 e. The number of hydrogen-bond acceptors (Lipinski definition) is 0. The van der Waals surface area contributed by atoms with Gasteiger partial charge < -0.3 is 0 Å². The minimum absolute atomic E-state index is 0.827. The van der Waals surface area contributed by atoms with E-state index in [0.29, 0.717) is 0 Å². The Hall–Kier alpha value is -0.780. The van der Waals surface area contributed by atoms with E-state index in [1.54, 1.807) is 5.56 Å². The molecule has 1 fully saturated rings. The number of hydrogen-bond donors (Lipinski definition) is 0. The maximum absolute atomic E-state index is 2.40. The SMILES string of the molecule is CCC1CC(C)C1c1cc(C)cc(C)c1. The normalized spacial score (nSPS) is 30.0. The molecule has 0 heterocycles.